The molecule has 0 unspecified atom stereocenters. The van der Waals surface area contributed by atoms with Gasteiger partial charge in [0, 0.05) is 19.0 Å². The van der Waals surface area contributed by atoms with E-state index in [0.29, 0.717) is 4.90 Å². The SMILES string of the molecule is COC(=O)c1ccc(SC(=O)N(C)C)cc1C(=O)OC. The van der Waals surface area contributed by atoms with Gasteiger partial charge in [-0.2, -0.15) is 0 Å². The maximum Gasteiger partial charge on any atom is 0.338 e. The maximum atomic E-state index is 11.7. The molecule has 0 fully saturated rings. The lowest BCUT2D eigenvalue weighted by Gasteiger charge is -2.11. The molecule has 6 nitrogen and oxygen atoms in total. The van der Waals surface area contributed by atoms with Crippen molar-refractivity contribution in [2.75, 3.05) is 28.3 Å². The third kappa shape index (κ3) is 3.74. The number of thioether (sulfide) groups is 1. The van der Waals surface area contributed by atoms with Crippen LogP contribution in [-0.2, 0) is 9.47 Å². The lowest BCUT2D eigenvalue weighted by molar-refractivity contribution is 0.0555. The van der Waals surface area contributed by atoms with E-state index >= 15 is 0 Å². The fourth-order valence-corrected chi connectivity index (χ4v) is 2.04. The van der Waals surface area contributed by atoms with Crippen molar-refractivity contribution in [2.24, 2.45) is 0 Å². The first-order valence-corrected chi connectivity index (χ1v) is 6.42. The van der Waals surface area contributed by atoms with Crippen molar-refractivity contribution in [3.05, 3.63) is 29.3 Å². The second kappa shape index (κ2) is 6.95. The molecule has 0 spiro atoms. The van der Waals surface area contributed by atoms with Crippen LogP contribution in [0, 0.1) is 0 Å². The fourth-order valence-electron chi connectivity index (χ4n) is 1.35. The summed E-state index contributed by atoms with van der Waals surface area (Å²) in [6.45, 7) is 0. The number of amides is 1. The Morgan fingerprint density at radius 1 is 1.00 bits per heavy atom. The molecule has 0 aromatic heterocycles. The highest BCUT2D eigenvalue weighted by atomic mass is 32.2. The standard InChI is InChI=1S/C13H15NO5S/c1-14(2)13(17)20-8-5-6-9(11(15)18-3)10(7-8)12(16)19-4/h5-7H,1-4H3. The molecule has 0 bridgehead atoms. The molecule has 20 heavy (non-hydrogen) atoms. The number of nitrogens with zero attached hydrogens (tertiary/aromatic N) is 1. The Labute approximate surface area is 121 Å². The van der Waals surface area contributed by atoms with Gasteiger partial charge in [-0.05, 0) is 30.0 Å². The summed E-state index contributed by atoms with van der Waals surface area (Å²) in [6, 6.07) is 4.44. The van der Waals surface area contributed by atoms with E-state index in [0.717, 1.165) is 11.8 Å². The van der Waals surface area contributed by atoms with Crippen LogP contribution in [-0.4, -0.2) is 50.4 Å². The first kappa shape index (κ1) is 16.0. The zero-order valence-corrected chi connectivity index (χ0v) is 12.4. The summed E-state index contributed by atoms with van der Waals surface area (Å²) in [5.74, 6) is -1.30. The van der Waals surface area contributed by atoms with E-state index in [-0.39, 0.29) is 16.4 Å². The number of hydrogen-bond acceptors (Lipinski definition) is 6. The molecular formula is C13H15NO5S. The Bertz CT molecular complexity index is 542. The van der Waals surface area contributed by atoms with Gasteiger partial charge in [-0.1, -0.05) is 0 Å². The first-order chi connectivity index (χ1) is 9.40. The molecule has 7 heteroatoms. The summed E-state index contributed by atoms with van der Waals surface area (Å²) in [4.78, 5) is 36.8. The van der Waals surface area contributed by atoms with Crippen LogP contribution in [0.2, 0.25) is 0 Å². The van der Waals surface area contributed by atoms with Gasteiger partial charge in [0.15, 0.2) is 0 Å². The largest absolute Gasteiger partial charge is 0.465 e. The van der Waals surface area contributed by atoms with Gasteiger partial charge in [0.05, 0.1) is 25.3 Å². The van der Waals surface area contributed by atoms with Crippen molar-refractivity contribution in [3.63, 3.8) is 0 Å². The Morgan fingerprint density at radius 2 is 1.55 bits per heavy atom. The molecule has 0 aliphatic rings. The second-order valence-corrected chi connectivity index (χ2v) is 4.98. The van der Waals surface area contributed by atoms with Gasteiger partial charge in [0.2, 0.25) is 0 Å². The highest BCUT2D eigenvalue weighted by Gasteiger charge is 2.20. The number of methoxy groups -OCH3 is 2. The summed E-state index contributed by atoms with van der Waals surface area (Å²) >= 11 is 0.949. The molecule has 1 aromatic rings. The third-order valence-electron chi connectivity index (χ3n) is 2.37. The predicted octanol–water partition coefficient (Wildman–Crippen LogP) is 2.03. The van der Waals surface area contributed by atoms with Gasteiger partial charge in [-0.25, -0.2) is 9.59 Å². The summed E-state index contributed by atoms with van der Waals surface area (Å²) in [5, 5.41) is -0.188. The topological polar surface area (TPSA) is 72.9 Å². The van der Waals surface area contributed by atoms with Gasteiger partial charge < -0.3 is 14.4 Å². The van der Waals surface area contributed by atoms with Crippen LogP contribution in [0.5, 0.6) is 0 Å². The molecule has 1 rings (SSSR count). The van der Waals surface area contributed by atoms with Crippen molar-refractivity contribution in [1.82, 2.24) is 4.90 Å². The number of esters is 2. The fraction of sp³-hybridized carbons (Fsp3) is 0.308. The van der Waals surface area contributed by atoms with Gasteiger partial charge in [0.25, 0.3) is 5.24 Å². The van der Waals surface area contributed by atoms with E-state index in [1.165, 1.54) is 31.3 Å². The minimum absolute atomic E-state index is 0.0657. The van der Waals surface area contributed by atoms with E-state index in [1.54, 1.807) is 20.2 Å². The molecule has 0 aliphatic carbocycles. The number of rotatable bonds is 3. The van der Waals surface area contributed by atoms with Gasteiger partial charge in [-0.15, -0.1) is 0 Å². The average Bonchev–Trinajstić information content (AvgIpc) is 2.45. The molecular weight excluding hydrogens is 282 g/mol. The van der Waals surface area contributed by atoms with Crippen LogP contribution in [0.25, 0.3) is 0 Å². The Hall–Kier alpha value is -2.02. The molecule has 1 aromatic carbocycles. The number of carbonyl (C=O) groups is 3. The zero-order chi connectivity index (χ0) is 15.3. The monoisotopic (exact) mass is 297 g/mol. The van der Waals surface area contributed by atoms with Crippen molar-refractivity contribution in [1.29, 1.82) is 0 Å². The van der Waals surface area contributed by atoms with Crippen molar-refractivity contribution in [3.8, 4) is 0 Å². The normalized spacial score (nSPS) is 9.80. The van der Waals surface area contributed by atoms with Crippen LogP contribution in [0.15, 0.2) is 23.1 Å². The number of ether oxygens (including phenoxy) is 2. The van der Waals surface area contributed by atoms with E-state index in [1.807, 2.05) is 0 Å². The van der Waals surface area contributed by atoms with Crippen molar-refractivity contribution in [2.45, 2.75) is 4.90 Å². The summed E-state index contributed by atoms with van der Waals surface area (Å²) in [7, 11) is 5.69. The van der Waals surface area contributed by atoms with Crippen LogP contribution in [0.1, 0.15) is 20.7 Å². The zero-order valence-electron chi connectivity index (χ0n) is 11.6. The summed E-state index contributed by atoms with van der Waals surface area (Å²) < 4.78 is 9.23. The van der Waals surface area contributed by atoms with E-state index in [2.05, 4.69) is 9.47 Å². The maximum absolute atomic E-state index is 11.7. The average molecular weight is 297 g/mol. The van der Waals surface area contributed by atoms with Crippen LogP contribution < -0.4 is 0 Å². The van der Waals surface area contributed by atoms with Gasteiger partial charge >= 0.3 is 11.9 Å². The highest BCUT2D eigenvalue weighted by Crippen LogP contribution is 2.24. The lowest BCUT2D eigenvalue weighted by Crippen LogP contribution is -2.16. The molecule has 108 valence electrons. The summed E-state index contributed by atoms with van der Waals surface area (Å²) in [6.07, 6.45) is 0. The quantitative estimate of drug-likeness (QED) is 0.628. The second-order valence-electron chi connectivity index (χ2n) is 3.95. The third-order valence-corrected chi connectivity index (χ3v) is 3.40. The molecule has 0 radical (unpaired) electrons. The minimum Gasteiger partial charge on any atom is -0.465 e. The summed E-state index contributed by atoms with van der Waals surface area (Å²) in [5.41, 5.74) is 0.164. The number of carbonyl (C=O) groups excluding carboxylic acids is 3. The minimum atomic E-state index is -0.662. The van der Waals surface area contributed by atoms with Gasteiger partial charge in [0.1, 0.15) is 0 Å². The molecule has 0 heterocycles. The van der Waals surface area contributed by atoms with Crippen LogP contribution in [0.3, 0.4) is 0 Å². The van der Waals surface area contributed by atoms with Crippen LogP contribution in [0.4, 0.5) is 4.79 Å². The Kier molecular flexibility index (Phi) is 5.57. The highest BCUT2D eigenvalue weighted by molar-refractivity contribution is 8.13. The lowest BCUT2D eigenvalue weighted by atomic mass is 10.1. The molecule has 1 amide bonds. The Balaban J connectivity index is 3.17. The predicted molar refractivity (Wildman–Crippen MR) is 74.1 cm³/mol. The van der Waals surface area contributed by atoms with E-state index in [4.69, 9.17) is 0 Å². The number of benzene rings is 1. The van der Waals surface area contributed by atoms with E-state index < -0.39 is 11.9 Å². The molecule has 0 saturated heterocycles. The van der Waals surface area contributed by atoms with E-state index in [9.17, 15) is 14.4 Å². The molecule has 0 saturated carbocycles. The van der Waals surface area contributed by atoms with Crippen LogP contribution >= 0.6 is 11.8 Å². The Morgan fingerprint density at radius 3 is 2.05 bits per heavy atom. The van der Waals surface area contributed by atoms with Gasteiger partial charge in [-0.3, -0.25) is 4.79 Å². The first-order valence-electron chi connectivity index (χ1n) is 5.60. The molecule has 0 N–H and O–H groups in total. The van der Waals surface area contributed by atoms with Crippen molar-refractivity contribution < 1.29 is 23.9 Å². The van der Waals surface area contributed by atoms with Crippen molar-refractivity contribution >= 4 is 28.9 Å². The molecule has 0 atom stereocenters. The molecule has 0 aliphatic heterocycles. The smallest absolute Gasteiger partial charge is 0.338 e. The number of hydrogen-bond donors (Lipinski definition) is 0.